The molecular formula is C11H18. The van der Waals surface area contributed by atoms with Crippen LogP contribution >= 0.6 is 0 Å². The lowest BCUT2D eigenvalue weighted by molar-refractivity contribution is 0.163. The summed E-state index contributed by atoms with van der Waals surface area (Å²) in [6.45, 7) is 8.62. The zero-order valence-electron chi connectivity index (χ0n) is 7.59. The predicted octanol–water partition coefficient (Wildman–Crippen LogP) is 3.10. The number of hydrogen-bond acceptors (Lipinski definition) is 0. The molecule has 0 aliphatic heterocycles. The van der Waals surface area contributed by atoms with Crippen LogP contribution in [0.3, 0.4) is 0 Å². The van der Waals surface area contributed by atoms with Crippen molar-refractivity contribution >= 4 is 0 Å². The van der Waals surface area contributed by atoms with E-state index in [0.29, 0.717) is 0 Å². The maximum absolute atomic E-state index is 3.77. The molecule has 2 aliphatic carbocycles. The van der Waals surface area contributed by atoms with E-state index in [1.807, 2.05) is 0 Å². The van der Waals surface area contributed by atoms with Crippen LogP contribution in [0.25, 0.3) is 0 Å². The Balaban J connectivity index is 1.83. The molecule has 2 aliphatic rings. The zero-order chi connectivity index (χ0) is 8.01. The summed E-state index contributed by atoms with van der Waals surface area (Å²) >= 11 is 0. The second kappa shape index (κ2) is 2.36. The van der Waals surface area contributed by atoms with Crippen molar-refractivity contribution in [2.24, 2.45) is 29.6 Å². The molecule has 0 amide bonds. The van der Waals surface area contributed by atoms with E-state index in [1.165, 1.54) is 12.8 Å². The Morgan fingerprint density at radius 2 is 1.91 bits per heavy atom. The molecule has 0 spiro atoms. The van der Waals surface area contributed by atoms with Crippen LogP contribution in [0.5, 0.6) is 0 Å². The SMILES string of the molecule is C=CCCC1C(C)C2C(C)C12. The predicted molar refractivity (Wildman–Crippen MR) is 48.2 cm³/mol. The molecule has 11 heavy (non-hydrogen) atoms. The van der Waals surface area contributed by atoms with Gasteiger partial charge >= 0.3 is 0 Å². The van der Waals surface area contributed by atoms with E-state index in [9.17, 15) is 0 Å². The highest BCUT2D eigenvalue weighted by Gasteiger charge is 2.64. The van der Waals surface area contributed by atoms with Crippen molar-refractivity contribution in [1.82, 2.24) is 0 Å². The monoisotopic (exact) mass is 150 g/mol. The Labute approximate surface area is 69.7 Å². The molecule has 5 unspecified atom stereocenters. The van der Waals surface area contributed by atoms with Crippen LogP contribution in [0.4, 0.5) is 0 Å². The van der Waals surface area contributed by atoms with Gasteiger partial charge in [-0.15, -0.1) is 6.58 Å². The number of rotatable bonds is 3. The smallest absolute Gasteiger partial charge is 0.0321 e. The minimum absolute atomic E-state index is 1.02. The Bertz CT molecular complexity index is 165. The summed E-state index contributed by atoms with van der Waals surface area (Å²) in [5, 5.41) is 0. The molecule has 2 saturated carbocycles. The first kappa shape index (κ1) is 7.39. The molecule has 0 radical (unpaired) electrons. The van der Waals surface area contributed by atoms with Gasteiger partial charge in [-0.1, -0.05) is 19.9 Å². The maximum Gasteiger partial charge on any atom is -0.0321 e. The minimum Gasteiger partial charge on any atom is -0.103 e. The first-order chi connectivity index (χ1) is 5.27. The largest absolute Gasteiger partial charge is 0.103 e. The van der Waals surface area contributed by atoms with Gasteiger partial charge in [0.15, 0.2) is 0 Å². The fourth-order valence-corrected chi connectivity index (χ4v) is 3.29. The maximum atomic E-state index is 3.77. The molecule has 2 rings (SSSR count). The summed E-state index contributed by atoms with van der Waals surface area (Å²) in [6, 6.07) is 0. The van der Waals surface area contributed by atoms with E-state index in [1.54, 1.807) is 0 Å². The van der Waals surface area contributed by atoms with Crippen LogP contribution < -0.4 is 0 Å². The molecule has 2 fully saturated rings. The van der Waals surface area contributed by atoms with Gasteiger partial charge in [-0.05, 0) is 42.4 Å². The van der Waals surface area contributed by atoms with Gasteiger partial charge in [0.05, 0.1) is 0 Å². The van der Waals surface area contributed by atoms with Crippen molar-refractivity contribution in [2.45, 2.75) is 26.7 Å². The third kappa shape index (κ3) is 0.881. The molecule has 0 heteroatoms. The molecule has 0 heterocycles. The van der Waals surface area contributed by atoms with Gasteiger partial charge in [-0.3, -0.25) is 0 Å². The van der Waals surface area contributed by atoms with Crippen molar-refractivity contribution < 1.29 is 0 Å². The number of allylic oxidation sites excluding steroid dienone is 1. The van der Waals surface area contributed by atoms with Crippen molar-refractivity contribution in [3.05, 3.63) is 12.7 Å². The first-order valence-corrected chi connectivity index (χ1v) is 4.88. The molecule has 0 aromatic carbocycles. The number of hydrogen-bond donors (Lipinski definition) is 0. The van der Waals surface area contributed by atoms with Gasteiger partial charge in [0.25, 0.3) is 0 Å². The van der Waals surface area contributed by atoms with E-state index in [2.05, 4.69) is 26.5 Å². The van der Waals surface area contributed by atoms with E-state index < -0.39 is 0 Å². The Morgan fingerprint density at radius 1 is 1.18 bits per heavy atom. The van der Waals surface area contributed by atoms with Crippen LogP contribution in [0.15, 0.2) is 12.7 Å². The number of fused-ring (bicyclic) bond motifs is 1. The lowest BCUT2D eigenvalue weighted by atomic mass is 9.73. The van der Waals surface area contributed by atoms with Gasteiger partial charge in [0.1, 0.15) is 0 Å². The Morgan fingerprint density at radius 3 is 2.36 bits per heavy atom. The molecule has 5 atom stereocenters. The molecule has 0 aromatic heterocycles. The quantitative estimate of drug-likeness (QED) is 0.542. The van der Waals surface area contributed by atoms with Gasteiger partial charge in [0.2, 0.25) is 0 Å². The Kier molecular flexibility index (Phi) is 1.59. The van der Waals surface area contributed by atoms with Gasteiger partial charge in [0, 0.05) is 0 Å². The van der Waals surface area contributed by atoms with E-state index >= 15 is 0 Å². The Hall–Kier alpha value is -0.260. The molecule has 0 aromatic rings. The normalized spacial score (nSPS) is 52.7. The highest BCUT2D eigenvalue weighted by atomic mass is 14.7. The van der Waals surface area contributed by atoms with Crippen LogP contribution in [0, 0.1) is 29.6 Å². The van der Waals surface area contributed by atoms with E-state index in [-0.39, 0.29) is 0 Å². The average molecular weight is 150 g/mol. The summed E-state index contributed by atoms with van der Waals surface area (Å²) in [4.78, 5) is 0. The lowest BCUT2D eigenvalue weighted by Gasteiger charge is -2.32. The van der Waals surface area contributed by atoms with E-state index in [0.717, 1.165) is 29.6 Å². The van der Waals surface area contributed by atoms with Crippen LogP contribution in [0.2, 0.25) is 0 Å². The van der Waals surface area contributed by atoms with Crippen LogP contribution in [0.1, 0.15) is 26.7 Å². The molecule has 0 saturated heterocycles. The zero-order valence-corrected chi connectivity index (χ0v) is 7.59. The van der Waals surface area contributed by atoms with Crippen LogP contribution in [-0.4, -0.2) is 0 Å². The highest BCUT2D eigenvalue weighted by Crippen LogP contribution is 2.68. The van der Waals surface area contributed by atoms with Crippen molar-refractivity contribution in [2.75, 3.05) is 0 Å². The molecule has 0 N–H and O–H groups in total. The third-order valence-corrected chi connectivity index (χ3v) is 4.00. The summed E-state index contributed by atoms with van der Waals surface area (Å²) in [5.41, 5.74) is 0. The minimum atomic E-state index is 1.02. The fraction of sp³-hybridized carbons (Fsp3) is 0.818. The van der Waals surface area contributed by atoms with E-state index in [4.69, 9.17) is 0 Å². The second-order valence-electron chi connectivity index (χ2n) is 4.40. The van der Waals surface area contributed by atoms with Gasteiger partial charge < -0.3 is 0 Å². The molecular weight excluding hydrogens is 132 g/mol. The summed E-state index contributed by atoms with van der Waals surface area (Å²) in [5.74, 6) is 5.36. The average Bonchev–Trinajstić information content (AvgIpc) is 2.57. The van der Waals surface area contributed by atoms with Gasteiger partial charge in [-0.25, -0.2) is 0 Å². The molecule has 0 bridgehead atoms. The molecule has 0 nitrogen and oxygen atoms in total. The van der Waals surface area contributed by atoms with Crippen LogP contribution in [-0.2, 0) is 0 Å². The summed E-state index contributed by atoms with van der Waals surface area (Å²) < 4.78 is 0. The van der Waals surface area contributed by atoms with Crippen molar-refractivity contribution in [3.63, 3.8) is 0 Å². The van der Waals surface area contributed by atoms with Gasteiger partial charge in [-0.2, -0.15) is 0 Å². The fourth-order valence-electron chi connectivity index (χ4n) is 3.29. The lowest BCUT2D eigenvalue weighted by Crippen LogP contribution is -2.26. The third-order valence-electron chi connectivity index (χ3n) is 4.00. The summed E-state index contributed by atoms with van der Waals surface area (Å²) in [7, 11) is 0. The van der Waals surface area contributed by atoms with Crippen molar-refractivity contribution in [3.8, 4) is 0 Å². The first-order valence-electron chi connectivity index (χ1n) is 4.88. The van der Waals surface area contributed by atoms with Crippen molar-refractivity contribution in [1.29, 1.82) is 0 Å². The second-order valence-corrected chi connectivity index (χ2v) is 4.40. The summed E-state index contributed by atoms with van der Waals surface area (Å²) in [6.07, 6.45) is 4.69. The standard InChI is InChI=1S/C11H18/c1-4-5-6-9-7(2)10-8(3)11(9)10/h4,7-11H,1,5-6H2,2-3H3. The highest BCUT2D eigenvalue weighted by molar-refractivity contribution is 5.11. The topological polar surface area (TPSA) is 0 Å². The molecule has 62 valence electrons.